The lowest BCUT2D eigenvalue weighted by Crippen LogP contribution is -2.41. The maximum atomic E-state index is 12.1. The van der Waals surface area contributed by atoms with Crippen molar-refractivity contribution in [2.24, 2.45) is 0 Å². The number of esters is 1. The number of methoxy groups -OCH3 is 1. The zero-order valence-electron chi connectivity index (χ0n) is 17.7. The van der Waals surface area contributed by atoms with Crippen molar-refractivity contribution >= 4 is 12.1 Å². The van der Waals surface area contributed by atoms with Crippen LogP contribution in [0.3, 0.4) is 0 Å². The molecule has 1 heterocycles. The van der Waals surface area contributed by atoms with Gasteiger partial charge in [-0.3, -0.25) is 4.90 Å². The molecule has 158 valence electrons. The quantitative estimate of drug-likeness (QED) is 0.263. The van der Waals surface area contributed by atoms with Crippen molar-refractivity contribution in [1.82, 2.24) is 4.90 Å². The van der Waals surface area contributed by atoms with Gasteiger partial charge in [0, 0.05) is 6.54 Å². The number of amides is 1. The monoisotopic (exact) mass is 383 g/mol. The Labute approximate surface area is 166 Å². The van der Waals surface area contributed by atoms with Gasteiger partial charge in [-0.1, -0.05) is 84.0 Å². The molecule has 27 heavy (non-hydrogen) atoms. The van der Waals surface area contributed by atoms with Crippen LogP contribution in [0.15, 0.2) is 0 Å². The number of rotatable bonds is 15. The smallest absolute Gasteiger partial charge is 0.410 e. The lowest BCUT2D eigenvalue weighted by Gasteiger charge is -2.21. The van der Waals surface area contributed by atoms with Gasteiger partial charge < -0.3 is 9.47 Å². The van der Waals surface area contributed by atoms with Crippen LogP contribution in [0.5, 0.6) is 0 Å². The summed E-state index contributed by atoms with van der Waals surface area (Å²) < 4.78 is 10.1. The van der Waals surface area contributed by atoms with E-state index < -0.39 is 12.1 Å². The summed E-state index contributed by atoms with van der Waals surface area (Å²) >= 11 is 0. The SMILES string of the molecule is CCCCCCCCCCCCCCCOC(=O)C1CCCN1C(=O)OC. The minimum Gasteiger partial charge on any atom is -0.464 e. The van der Waals surface area contributed by atoms with E-state index in [-0.39, 0.29) is 5.97 Å². The van der Waals surface area contributed by atoms with Crippen molar-refractivity contribution in [3.8, 4) is 0 Å². The van der Waals surface area contributed by atoms with Gasteiger partial charge in [-0.2, -0.15) is 0 Å². The molecule has 0 aliphatic carbocycles. The molecule has 0 bridgehead atoms. The molecule has 1 amide bonds. The van der Waals surface area contributed by atoms with Crippen LogP contribution in [0.25, 0.3) is 0 Å². The van der Waals surface area contributed by atoms with E-state index in [1.807, 2.05) is 0 Å². The van der Waals surface area contributed by atoms with E-state index in [1.54, 1.807) is 0 Å². The molecule has 0 radical (unpaired) electrons. The van der Waals surface area contributed by atoms with E-state index >= 15 is 0 Å². The van der Waals surface area contributed by atoms with E-state index in [2.05, 4.69) is 6.92 Å². The van der Waals surface area contributed by atoms with Crippen molar-refractivity contribution in [3.63, 3.8) is 0 Å². The Balaban J connectivity index is 1.90. The van der Waals surface area contributed by atoms with E-state index in [9.17, 15) is 9.59 Å². The normalized spacial score (nSPS) is 16.5. The third-order valence-electron chi connectivity index (χ3n) is 5.43. The van der Waals surface area contributed by atoms with Gasteiger partial charge in [0.15, 0.2) is 0 Å². The zero-order chi connectivity index (χ0) is 19.7. The lowest BCUT2D eigenvalue weighted by atomic mass is 10.0. The van der Waals surface area contributed by atoms with Crippen molar-refractivity contribution in [1.29, 1.82) is 0 Å². The predicted octanol–water partition coefficient (Wildman–Crippen LogP) is 5.85. The molecule has 0 aromatic heterocycles. The molecule has 5 heteroatoms. The number of nitrogens with zero attached hydrogens (tertiary/aromatic N) is 1. The fraction of sp³-hybridized carbons (Fsp3) is 0.909. The maximum Gasteiger partial charge on any atom is 0.410 e. The van der Waals surface area contributed by atoms with Gasteiger partial charge in [0.1, 0.15) is 6.04 Å². The van der Waals surface area contributed by atoms with Crippen LogP contribution in [0.2, 0.25) is 0 Å². The molecule has 0 aromatic rings. The van der Waals surface area contributed by atoms with Gasteiger partial charge in [0.25, 0.3) is 0 Å². The highest BCUT2D eigenvalue weighted by atomic mass is 16.6. The minimum atomic E-state index is -0.459. The van der Waals surface area contributed by atoms with Gasteiger partial charge in [-0.15, -0.1) is 0 Å². The van der Waals surface area contributed by atoms with Crippen LogP contribution >= 0.6 is 0 Å². The fourth-order valence-corrected chi connectivity index (χ4v) is 3.74. The summed E-state index contributed by atoms with van der Waals surface area (Å²) in [5, 5.41) is 0. The molecule has 0 saturated carbocycles. The summed E-state index contributed by atoms with van der Waals surface area (Å²) in [7, 11) is 1.34. The maximum absolute atomic E-state index is 12.1. The van der Waals surface area contributed by atoms with Crippen LogP contribution in [0.1, 0.15) is 103 Å². The first-order chi connectivity index (χ1) is 13.2. The Kier molecular flexibility index (Phi) is 13.9. The second-order valence-corrected chi connectivity index (χ2v) is 7.73. The fourth-order valence-electron chi connectivity index (χ4n) is 3.74. The summed E-state index contributed by atoms with van der Waals surface area (Å²) in [6.07, 6.45) is 18.0. The molecule has 0 N–H and O–H groups in total. The second-order valence-electron chi connectivity index (χ2n) is 7.73. The Morgan fingerprint density at radius 2 is 1.37 bits per heavy atom. The third-order valence-corrected chi connectivity index (χ3v) is 5.43. The number of likely N-dealkylation sites (tertiary alicyclic amines) is 1. The number of unbranched alkanes of at least 4 members (excludes halogenated alkanes) is 12. The average Bonchev–Trinajstić information content (AvgIpc) is 3.17. The number of hydrogen-bond acceptors (Lipinski definition) is 4. The standard InChI is InChI=1S/C22H41NO4/c1-3-4-5-6-7-8-9-10-11-12-13-14-15-19-27-21(24)20-17-16-18-23(20)22(25)26-2/h20H,3-19H2,1-2H3. The van der Waals surface area contributed by atoms with Gasteiger partial charge in [-0.05, 0) is 19.3 Å². The second kappa shape index (κ2) is 15.8. The Morgan fingerprint density at radius 3 is 1.89 bits per heavy atom. The number of carbonyl (C=O) groups is 2. The van der Waals surface area contributed by atoms with Gasteiger partial charge in [0.05, 0.1) is 13.7 Å². The molecule has 1 fully saturated rings. The van der Waals surface area contributed by atoms with E-state index in [4.69, 9.17) is 9.47 Å². The van der Waals surface area contributed by atoms with Gasteiger partial charge >= 0.3 is 12.1 Å². The molecule has 1 aliphatic rings. The molecule has 1 unspecified atom stereocenters. The lowest BCUT2D eigenvalue weighted by molar-refractivity contribution is -0.148. The van der Waals surface area contributed by atoms with Crippen LogP contribution in [0, 0.1) is 0 Å². The first-order valence-corrected chi connectivity index (χ1v) is 11.2. The van der Waals surface area contributed by atoms with Crippen LogP contribution in [0.4, 0.5) is 4.79 Å². The largest absolute Gasteiger partial charge is 0.464 e. The summed E-state index contributed by atoms with van der Waals surface area (Å²) in [6, 6.07) is -0.459. The summed E-state index contributed by atoms with van der Waals surface area (Å²) in [4.78, 5) is 25.2. The highest BCUT2D eigenvalue weighted by molar-refractivity contribution is 5.82. The van der Waals surface area contributed by atoms with E-state index in [0.29, 0.717) is 19.6 Å². The summed E-state index contributed by atoms with van der Waals surface area (Å²) in [6.45, 7) is 3.30. The van der Waals surface area contributed by atoms with Crippen LogP contribution < -0.4 is 0 Å². The molecule has 1 saturated heterocycles. The Hall–Kier alpha value is -1.26. The minimum absolute atomic E-state index is 0.281. The highest BCUT2D eigenvalue weighted by Gasteiger charge is 2.35. The van der Waals surface area contributed by atoms with Crippen LogP contribution in [-0.2, 0) is 14.3 Å². The molecule has 0 aromatic carbocycles. The Bertz CT molecular complexity index is 400. The van der Waals surface area contributed by atoms with E-state index in [1.165, 1.54) is 82.6 Å². The molecule has 1 aliphatic heterocycles. The Morgan fingerprint density at radius 1 is 0.852 bits per heavy atom. The molecule has 5 nitrogen and oxygen atoms in total. The van der Waals surface area contributed by atoms with Gasteiger partial charge in [-0.25, -0.2) is 9.59 Å². The summed E-state index contributed by atoms with van der Waals surface area (Å²) in [5.41, 5.74) is 0. The zero-order valence-corrected chi connectivity index (χ0v) is 17.7. The molecule has 1 rings (SSSR count). The first kappa shape index (κ1) is 23.8. The average molecular weight is 384 g/mol. The molecule has 1 atom stereocenters. The van der Waals surface area contributed by atoms with Crippen molar-refractivity contribution in [3.05, 3.63) is 0 Å². The molecule has 0 spiro atoms. The first-order valence-electron chi connectivity index (χ1n) is 11.2. The topological polar surface area (TPSA) is 55.8 Å². The van der Waals surface area contributed by atoms with Crippen molar-refractivity contribution in [2.75, 3.05) is 20.3 Å². The molecular weight excluding hydrogens is 342 g/mol. The van der Waals surface area contributed by atoms with Crippen molar-refractivity contribution < 1.29 is 19.1 Å². The van der Waals surface area contributed by atoms with Gasteiger partial charge in [0.2, 0.25) is 0 Å². The summed E-state index contributed by atoms with van der Waals surface area (Å²) in [5.74, 6) is -0.281. The third kappa shape index (κ3) is 10.6. The number of ether oxygens (including phenoxy) is 2. The predicted molar refractivity (Wildman–Crippen MR) is 109 cm³/mol. The number of hydrogen-bond donors (Lipinski definition) is 0. The molecular formula is C22H41NO4. The number of carbonyl (C=O) groups excluding carboxylic acids is 2. The van der Waals surface area contributed by atoms with Crippen LogP contribution in [-0.4, -0.2) is 43.3 Å². The highest BCUT2D eigenvalue weighted by Crippen LogP contribution is 2.19. The van der Waals surface area contributed by atoms with E-state index in [0.717, 1.165) is 19.3 Å². The van der Waals surface area contributed by atoms with Crippen molar-refractivity contribution in [2.45, 2.75) is 109 Å².